The van der Waals surface area contributed by atoms with E-state index >= 15 is 0 Å². The first kappa shape index (κ1) is 17.0. The average Bonchev–Trinajstić information content (AvgIpc) is 3.17. The minimum absolute atomic E-state index is 0.363. The maximum Gasteiger partial charge on any atom is 0.278 e. The summed E-state index contributed by atoms with van der Waals surface area (Å²) in [4.78, 5) is 33.6. The zero-order valence-electron chi connectivity index (χ0n) is 14.2. The molecule has 8 nitrogen and oxygen atoms in total. The largest absolute Gasteiger partial charge is 0.300 e. The molecule has 27 heavy (non-hydrogen) atoms. The number of aromatic nitrogens is 5. The van der Waals surface area contributed by atoms with Gasteiger partial charge in [0.05, 0.1) is 11.1 Å². The van der Waals surface area contributed by atoms with E-state index in [4.69, 9.17) is 0 Å². The standard InChI is InChI=1S/C18H14N6O2S/c1-11(24-17(26)13-6-2-3-7-14(13)22-23-24)16(25)21-18-20-15(10-27-18)12-5-4-8-19-9-12/h2-11H,1H3,(H,20,21,25)/t11-/m0/s1. The Hall–Kier alpha value is -3.46. The number of hydrogen-bond acceptors (Lipinski definition) is 7. The van der Waals surface area contributed by atoms with Gasteiger partial charge in [-0.2, -0.15) is 4.68 Å². The molecule has 0 saturated heterocycles. The number of benzene rings is 1. The number of pyridine rings is 1. The molecule has 0 fully saturated rings. The Balaban J connectivity index is 1.56. The van der Waals surface area contributed by atoms with Gasteiger partial charge < -0.3 is 5.32 Å². The molecule has 0 bridgehead atoms. The van der Waals surface area contributed by atoms with Crippen LogP contribution >= 0.6 is 11.3 Å². The van der Waals surface area contributed by atoms with Crippen LogP contribution in [0.3, 0.4) is 0 Å². The summed E-state index contributed by atoms with van der Waals surface area (Å²) in [5, 5.41) is 13.3. The van der Waals surface area contributed by atoms with Crippen molar-refractivity contribution >= 4 is 33.3 Å². The molecular weight excluding hydrogens is 364 g/mol. The summed E-state index contributed by atoms with van der Waals surface area (Å²) in [5.41, 5.74) is 1.71. The highest BCUT2D eigenvalue weighted by molar-refractivity contribution is 7.14. The van der Waals surface area contributed by atoms with Crippen molar-refractivity contribution in [3.63, 3.8) is 0 Å². The summed E-state index contributed by atoms with van der Waals surface area (Å²) >= 11 is 1.30. The van der Waals surface area contributed by atoms with Crippen molar-refractivity contribution in [3.05, 3.63) is 64.5 Å². The Morgan fingerprint density at radius 3 is 2.89 bits per heavy atom. The van der Waals surface area contributed by atoms with Crippen molar-refractivity contribution < 1.29 is 4.79 Å². The second-order valence-corrected chi connectivity index (χ2v) is 6.66. The number of anilines is 1. The van der Waals surface area contributed by atoms with Gasteiger partial charge in [0, 0.05) is 23.3 Å². The fourth-order valence-corrected chi connectivity index (χ4v) is 3.28. The number of thiazole rings is 1. The monoisotopic (exact) mass is 378 g/mol. The van der Waals surface area contributed by atoms with E-state index in [0.29, 0.717) is 16.0 Å². The first-order chi connectivity index (χ1) is 13.1. The van der Waals surface area contributed by atoms with Crippen LogP contribution in [0.1, 0.15) is 13.0 Å². The molecule has 1 N–H and O–H groups in total. The van der Waals surface area contributed by atoms with Crippen LogP contribution in [0.25, 0.3) is 22.2 Å². The number of nitrogens with one attached hydrogen (secondary N) is 1. The lowest BCUT2D eigenvalue weighted by atomic mass is 10.2. The lowest BCUT2D eigenvalue weighted by molar-refractivity contribution is -0.119. The maximum absolute atomic E-state index is 12.6. The van der Waals surface area contributed by atoms with Gasteiger partial charge in [-0.05, 0) is 31.2 Å². The van der Waals surface area contributed by atoms with Crippen molar-refractivity contribution in [1.82, 2.24) is 25.0 Å². The molecule has 134 valence electrons. The molecule has 0 aliphatic rings. The van der Waals surface area contributed by atoms with Gasteiger partial charge in [-0.3, -0.25) is 14.6 Å². The second-order valence-electron chi connectivity index (χ2n) is 5.80. The molecule has 1 atom stereocenters. The normalized spacial score (nSPS) is 12.0. The lowest BCUT2D eigenvalue weighted by Gasteiger charge is -2.12. The van der Waals surface area contributed by atoms with Crippen molar-refractivity contribution in [2.75, 3.05) is 5.32 Å². The van der Waals surface area contributed by atoms with Crippen molar-refractivity contribution in [2.24, 2.45) is 0 Å². The van der Waals surface area contributed by atoms with Crippen LogP contribution in [0.15, 0.2) is 59.0 Å². The van der Waals surface area contributed by atoms with Gasteiger partial charge in [-0.25, -0.2) is 4.98 Å². The van der Waals surface area contributed by atoms with Gasteiger partial charge in [0.2, 0.25) is 0 Å². The Kier molecular flexibility index (Phi) is 4.43. The molecule has 4 aromatic rings. The average molecular weight is 378 g/mol. The molecule has 0 radical (unpaired) electrons. The summed E-state index contributed by atoms with van der Waals surface area (Å²) in [5.74, 6) is -0.395. The fraction of sp³-hybridized carbons (Fsp3) is 0.111. The van der Waals surface area contributed by atoms with Crippen LogP contribution in [0.2, 0.25) is 0 Å². The third-order valence-electron chi connectivity index (χ3n) is 4.03. The Bertz CT molecular complexity index is 1170. The minimum Gasteiger partial charge on any atom is -0.300 e. The van der Waals surface area contributed by atoms with E-state index < -0.39 is 11.9 Å². The molecule has 0 aliphatic carbocycles. The SMILES string of the molecule is C[C@@H](C(=O)Nc1nc(-c2cccnc2)cs1)n1nnc2ccccc2c1=O. The highest BCUT2D eigenvalue weighted by atomic mass is 32.1. The van der Waals surface area contributed by atoms with Crippen LogP contribution in [0.4, 0.5) is 5.13 Å². The zero-order valence-corrected chi connectivity index (χ0v) is 15.1. The van der Waals surface area contributed by atoms with Gasteiger partial charge in [-0.15, -0.1) is 16.4 Å². The van der Waals surface area contributed by atoms with Crippen LogP contribution in [-0.2, 0) is 4.79 Å². The Labute approximate surface area is 157 Å². The molecule has 1 amide bonds. The summed E-state index contributed by atoms with van der Waals surface area (Å²) in [6, 6.07) is 9.76. The molecule has 1 aromatic carbocycles. The van der Waals surface area contributed by atoms with E-state index in [9.17, 15) is 9.59 Å². The maximum atomic E-state index is 12.6. The number of nitrogens with zero attached hydrogens (tertiary/aromatic N) is 5. The number of amides is 1. The van der Waals surface area contributed by atoms with Gasteiger partial charge in [-0.1, -0.05) is 17.3 Å². The highest BCUT2D eigenvalue weighted by Crippen LogP contribution is 2.24. The zero-order chi connectivity index (χ0) is 18.8. The first-order valence-electron chi connectivity index (χ1n) is 8.14. The van der Waals surface area contributed by atoms with Crippen molar-refractivity contribution in [1.29, 1.82) is 0 Å². The number of fused-ring (bicyclic) bond motifs is 1. The predicted octanol–water partition coefficient (Wildman–Crippen LogP) is 2.51. The number of rotatable bonds is 4. The van der Waals surface area contributed by atoms with Crippen molar-refractivity contribution in [2.45, 2.75) is 13.0 Å². The number of hydrogen-bond donors (Lipinski definition) is 1. The third kappa shape index (κ3) is 3.32. The molecule has 3 heterocycles. The molecule has 0 aliphatic heterocycles. The predicted molar refractivity (Wildman–Crippen MR) is 102 cm³/mol. The topological polar surface area (TPSA) is 103 Å². The molecule has 0 saturated carbocycles. The van der Waals surface area contributed by atoms with Crippen LogP contribution in [0, 0.1) is 0 Å². The number of carbonyl (C=O) groups excluding carboxylic acids is 1. The summed E-state index contributed by atoms with van der Waals surface area (Å²) < 4.78 is 1.08. The first-order valence-corrected chi connectivity index (χ1v) is 9.02. The highest BCUT2D eigenvalue weighted by Gasteiger charge is 2.20. The number of carbonyl (C=O) groups is 1. The molecule has 0 spiro atoms. The molecule has 3 aromatic heterocycles. The van der Waals surface area contributed by atoms with Gasteiger partial charge in [0.25, 0.3) is 11.5 Å². The van der Waals surface area contributed by atoms with Crippen LogP contribution in [0.5, 0.6) is 0 Å². The van der Waals surface area contributed by atoms with Gasteiger partial charge >= 0.3 is 0 Å². The second kappa shape index (κ2) is 7.04. The van der Waals surface area contributed by atoms with E-state index in [0.717, 1.165) is 15.9 Å². The van der Waals surface area contributed by atoms with Crippen LogP contribution in [-0.4, -0.2) is 30.9 Å². The lowest BCUT2D eigenvalue weighted by Crippen LogP contribution is -2.34. The van der Waals surface area contributed by atoms with E-state index in [2.05, 4.69) is 25.6 Å². The van der Waals surface area contributed by atoms with E-state index in [1.165, 1.54) is 11.3 Å². The Morgan fingerprint density at radius 1 is 1.22 bits per heavy atom. The summed E-state index contributed by atoms with van der Waals surface area (Å²) in [7, 11) is 0. The van der Waals surface area contributed by atoms with E-state index in [1.807, 2.05) is 17.5 Å². The smallest absolute Gasteiger partial charge is 0.278 e. The molecule has 0 unspecified atom stereocenters. The van der Waals surface area contributed by atoms with E-state index in [-0.39, 0.29) is 5.56 Å². The van der Waals surface area contributed by atoms with Crippen LogP contribution < -0.4 is 10.9 Å². The minimum atomic E-state index is -0.833. The molecular formula is C18H14N6O2S. The third-order valence-corrected chi connectivity index (χ3v) is 4.79. The van der Waals surface area contributed by atoms with Gasteiger partial charge in [0.1, 0.15) is 11.6 Å². The van der Waals surface area contributed by atoms with Gasteiger partial charge in [0.15, 0.2) is 5.13 Å². The quantitative estimate of drug-likeness (QED) is 0.585. The summed E-state index contributed by atoms with van der Waals surface area (Å²) in [6.45, 7) is 1.59. The fourth-order valence-electron chi connectivity index (χ4n) is 2.55. The Morgan fingerprint density at radius 2 is 2.07 bits per heavy atom. The van der Waals surface area contributed by atoms with E-state index in [1.54, 1.807) is 43.6 Å². The van der Waals surface area contributed by atoms with Crippen molar-refractivity contribution in [3.8, 4) is 11.3 Å². The summed E-state index contributed by atoms with van der Waals surface area (Å²) in [6.07, 6.45) is 3.38. The molecule has 4 rings (SSSR count). The molecule has 9 heteroatoms.